The Morgan fingerprint density at radius 3 is 2.90 bits per heavy atom. The number of hydrogen-bond acceptors (Lipinski definition) is 4. The van der Waals surface area contributed by atoms with Crippen molar-refractivity contribution in [1.82, 2.24) is 9.29 Å². The predicted molar refractivity (Wildman–Crippen MR) is 87.9 cm³/mol. The van der Waals surface area contributed by atoms with Gasteiger partial charge in [-0.25, -0.2) is 13.4 Å². The van der Waals surface area contributed by atoms with E-state index in [9.17, 15) is 8.42 Å². The highest BCUT2D eigenvalue weighted by atomic mass is 79.9. The minimum atomic E-state index is -3.52. The average molecular weight is 376 g/mol. The summed E-state index contributed by atoms with van der Waals surface area (Å²) in [5, 5.41) is 2.88. The smallest absolute Gasteiger partial charge is 0.247 e. The lowest BCUT2D eigenvalue weighted by Gasteiger charge is -2.34. The Morgan fingerprint density at radius 2 is 2.24 bits per heavy atom. The molecule has 0 radical (unpaired) electrons. The number of halogens is 1. The number of aromatic nitrogens is 1. The summed E-state index contributed by atoms with van der Waals surface area (Å²) in [6.45, 7) is 2.70. The largest absolute Gasteiger partial charge is 0.372 e. The minimum Gasteiger partial charge on any atom is -0.372 e. The van der Waals surface area contributed by atoms with Crippen molar-refractivity contribution in [2.24, 2.45) is 0 Å². The van der Waals surface area contributed by atoms with Crippen molar-refractivity contribution in [2.75, 3.05) is 18.9 Å². The molecule has 1 unspecified atom stereocenters. The molecule has 1 fully saturated rings. The zero-order valence-electron chi connectivity index (χ0n) is 12.5. The van der Waals surface area contributed by atoms with E-state index in [1.165, 1.54) is 0 Å². The van der Waals surface area contributed by atoms with Gasteiger partial charge in [0.25, 0.3) is 0 Å². The third-order valence-electron chi connectivity index (χ3n) is 3.84. The normalized spacial score (nSPS) is 20.4. The quantitative estimate of drug-likeness (QED) is 0.857. The Labute approximate surface area is 135 Å². The van der Waals surface area contributed by atoms with Crippen LogP contribution in [0.2, 0.25) is 0 Å². The van der Waals surface area contributed by atoms with Crippen LogP contribution in [0.1, 0.15) is 39.0 Å². The van der Waals surface area contributed by atoms with E-state index in [0.29, 0.717) is 16.8 Å². The summed E-state index contributed by atoms with van der Waals surface area (Å²) in [6.07, 6.45) is 6.48. The first-order chi connectivity index (χ1) is 10.0. The van der Waals surface area contributed by atoms with Gasteiger partial charge in [-0.2, -0.15) is 4.31 Å². The Morgan fingerprint density at radius 1 is 1.48 bits per heavy atom. The van der Waals surface area contributed by atoms with Gasteiger partial charge in [-0.3, -0.25) is 0 Å². The molecule has 118 valence electrons. The van der Waals surface area contributed by atoms with Crippen molar-refractivity contribution in [3.63, 3.8) is 0 Å². The number of anilines is 1. The number of nitrogens with zero attached hydrogens (tertiary/aromatic N) is 2. The van der Waals surface area contributed by atoms with Gasteiger partial charge >= 0.3 is 0 Å². The van der Waals surface area contributed by atoms with E-state index in [2.05, 4.69) is 33.2 Å². The van der Waals surface area contributed by atoms with Gasteiger partial charge in [0, 0.05) is 30.3 Å². The maximum absolute atomic E-state index is 13.0. The Kier molecular flexibility index (Phi) is 5.62. The summed E-state index contributed by atoms with van der Waals surface area (Å²) in [7, 11) is -1.83. The molecule has 2 rings (SSSR count). The second-order valence-corrected chi connectivity index (χ2v) is 8.08. The molecule has 1 N–H and O–H groups in total. The van der Waals surface area contributed by atoms with Crippen molar-refractivity contribution in [2.45, 2.75) is 50.0 Å². The molecular formula is C14H22BrN3O2S. The molecule has 1 saturated heterocycles. The van der Waals surface area contributed by atoms with Crippen LogP contribution in [0.5, 0.6) is 0 Å². The second-order valence-electron chi connectivity index (χ2n) is 5.30. The van der Waals surface area contributed by atoms with Crippen LogP contribution in [0, 0.1) is 0 Å². The first-order valence-corrected chi connectivity index (χ1v) is 9.59. The first-order valence-electron chi connectivity index (χ1n) is 7.35. The minimum absolute atomic E-state index is 0.109. The molecule has 0 spiro atoms. The summed E-state index contributed by atoms with van der Waals surface area (Å²) in [6, 6.07) is 1.74. The lowest BCUT2D eigenvalue weighted by atomic mass is 10.0. The standard InChI is InChI=1S/C14H22BrN3O2S/c1-3-6-12-7-4-5-8-18(12)21(19,20)13-9-11(15)10-17-14(13)16-2/h9-10,12H,3-8H2,1-2H3,(H,16,17). The van der Waals surface area contributed by atoms with Gasteiger partial charge < -0.3 is 5.32 Å². The van der Waals surface area contributed by atoms with Gasteiger partial charge in [-0.1, -0.05) is 19.8 Å². The fourth-order valence-electron chi connectivity index (χ4n) is 2.84. The fraction of sp³-hybridized carbons (Fsp3) is 0.643. The van der Waals surface area contributed by atoms with Crippen LogP contribution in [-0.2, 0) is 10.0 Å². The molecule has 0 aromatic carbocycles. The highest BCUT2D eigenvalue weighted by Crippen LogP contribution is 2.31. The number of rotatable bonds is 5. The topological polar surface area (TPSA) is 62.3 Å². The maximum atomic E-state index is 13.0. The van der Waals surface area contributed by atoms with E-state index in [1.54, 1.807) is 23.6 Å². The van der Waals surface area contributed by atoms with E-state index in [1.807, 2.05) is 0 Å². The predicted octanol–water partition coefficient (Wildman–Crippen LogP) is 3.23. The van der Waals surface area contributed by atoms with E-state index < -0.39 is 10.0 Å². The van der Waals surface area contributed by atoms with Crippen LogP contribution in [0.25, 0.3) is 0 Å². The Hall–Kier alpha value is -0.660. The van der Waals surface area contributed by atoms with Gasteiger partial charge in [-0.05, 0) is 41.3 Å². The van der Waals surface area contributed by atoms with E-state index in [0.717, 1.165) is 32.1 Å². The van der Waals surface area contributed by atoms with Crippen LogP contribution in [-0.4, -0.2) is 37.3 Å². The molecule has 0 aliphatic carbocycles. The SMILES string of the molecule is CCCC1CCCCN1S(=O)(=O)c1cc(Br)cnc1NC. The third kappa shape index (κ3) is 3.57. The Balaban J connectivity index is 2.42. The molecule has 7 heteroatoms. The molecule has 0 amide bonds. The maximum Gasteiger partial charge on any atom is 0.247 e. The highest BCUT2D eigenvalue weighted by molar-refractivity contribution is 9.10. The van der Waals surface area contributed by atoms with Crippen LogP contribution >= 0.6 is 15.9 Å². The molecule has 1 aliphatic rings. The van der Waals surface area contributed by atoms with Crippen molar-refractivity contribution in [1.29, 1.82) is 0 Å². The second kappa shape index (κ2) is 7.07. The molecule has 1 aliphatic heterocycles. The molecule has 21 heavy (non-hydrogen) atoms. The van der Waals surface area contributed by atoms with Crippen LogP contribution in [0.4, 0.5) is 5.82 Å². The van der Waals surface area contributed by atoms with Crippen LogP contribution < -0.4 is 5.32 Å². The van der Waals surface area contributed by atoms with Gasteiger partial charge in [0.2, 0.25) is 10.0 Å². The van der Waals surface area contributed by atoms with Crippen molar-refractivity contribution in [3.8, 4) is 0 Å². The molecule has 1 aromatic heterocycles. The molecule has 1 atom stereocenters. The first kappa shape index (κ1) is 16.7. The van der Waals surface area contributed by atoms with Crippen molar-refractivity contribution >= 4 is 31.8 Å². The van der Waals surface area contributed by atoms with E-state index in [4.69, 9.17) is 0 Å². The van der Waals surface area contributed by atoms with Crippen LogP contribution in [0.3, 0.4) is 0 Å². The molecule has 5 nitrogen and oxygen atoms in total. The molecule has 0 bridgehead atoms. The van der Waals surface area contributed by atoms with E-state index in [-0.39, 0.29) is 10.9 Å². The molecule has 2 heterocycles. The number of hydrogen-bond donors (Lipinski definition) is 1. The molecule has 0 saturated carbocycles. The van der Waals surface area contributed by atoms with Gasteiger partial charge in [0.05, 0.1) is 0 Å². The average Bonchev–Trinajstić information content (AvgIpc) is 2.48. The number of piperidine rings is 1. The lowest BCUT2D eigenvalue weighted by molar-refractivity contribution is 0.239. The van der Waals surface area contributed by atoms with Gasteiger partial charge in [-0.15, -0.1) is 0 Å². The molecule has 1 aromatic rings. The van der Waals surface area contributed by atoms with Crippen LogP contribution in [0.15, 0.2) is 21.6 Å². The van der Waals surface area contributed by atoms with E-state index >= 15 is 0 Å². The monoisotopic (exact) mass is 375 g/mol. The van der Waals surface area contributed by atoms with Gasteiger partial charge in [0.1, 0.15) is 10.7 Å². The lowest BCUT2D eigenvalue weighted by Crippen LogP contribution is -2.43. The summed E-state index contributed by atoms with van der Waals surface area (Å²) in [5.41, 5.74) is 0. The Bertz CT molecular complexity index is 590. The zero-order valence-corrected chi connectivity index (χ0v) is 14.9. The zero-order chi connectivity index (χ0) is 15.5. The number of sulfonamides is 1. The summed E-state index contributed by atoms with van der Waals surface area (Å²) in [4.78, 5) is 4.42. The summed E-state index contributed by atoms with van der Waals surface area (Å²) in [5.74, 6) is 0.402. The molecular weight excluding hydrogens is 354 g/mol. The number of nitrogens with one attached hydrogen (secondary N) is 1. The summed E-state index contributed by atoms with van der Waals surface area (Å²) >= 11 is 3.31. The van der Waals surface area contributed by atoms with Gasteiger partial charge in [0.15, 0.2) is 0 Å². The highest BCUT2D eigenvalue weighted by Gasteiger charge is 2.34. The fourth-order valence-corrected chi connectivity index (χ4v) is 5.23. The number of pyridine rings is 1. The summed E-state index contributed by atoms with van der Waals surface area (Å²) < 4.78 is 28.4. The third-order valence-corrected chi connectivity index (χ3v) is 6.24. The van der Waals surface area contributed by atoms with Crippen molar-refractivity contribution in [3.05, 3.63) is 16.7 Å². The van der Waals surface area contributed by atoms with Crippen molar-refractivity contribution < 1.29 is 8.42 Å².